The van der Waals surface area contributed by atoms with E-state index in [1.807, 2.05) is 44.2 Å². The molecule has 28 heavy (non-hydrogen) atoms. The molecule has 7 atom stereocenters. The van der Waals surface area contributed by atoms with Gasteiger partial charge in [0.05, 0.1) is 24.9 Å². The molecule has 0 bridgehead atoms. The van der Waals surface area contributed by atoms with E-state index >= 15 is 0 Å². The van der Waals surface area contributed by atoms with Gasteiger partial charge < -0.3 is 20.6 Å². The minimum atomic E-state index is -0.584. The Morgan fingerprint density at radius 1 is 1.18 bits per heavy atom. The maximum atomic E-state index is 12.8. The van der Waals surface area contributed by atoms with E-state index in [1.165, 1.54) is 0 Å². The van der Waals surface area contributed by atoms with Crippen LogP contribution in [0, 0.1) is 22.7 Å². The molecule has 5 heteroatoms. The molecule has 0 aliphatic heterocycles. The van der Waals surface area contributed by atoms with Crippen molar-refractivity contribution in [1.29, 1.82) is 0 Å². The Morgan fingerprint density at radius 3 is 2.50 bits per heavy atom. The van der Waals surface area contributed by atoms with Crippen molar-refractivity contribution in [3.63, 3.8) is 0 Å². The monoisotopic (exact) mass is 389 g/mol. The van der Waals surface area contributed by atoms with E-state index in [-0.39, 0.29) is 42.2 Å². The molecule has 3 rings (SSSR count). The smallest absolute Gasteiger partial charge is 0.220 e. The van der Waals surface area contributed by atoms with Crippen molar-refractivity contribution in [3.05, 3.63) is 35.9 Å². The predicted molar refractivity (Wildman–Crippen MR) is 108 cm³/mol. The van der Waals surface area contributed by atoms with Crippen molar-refractivity contribution >= 4 is 5.91 Å². The Hall–Kier alpha value is -1.43. The number of hydrogen-bond donors (Lipinski definition) is 4. The standard InChI is InChI=1S/C23H35NO4/c1-15(16-7-5-4-6-8-16)24-21(28)13-17-18(26)9-10-19-22(17,2)12-11-20(27)23(19,3)14-25/h4-8,15,17-20,25-27H,9-14H2,1-3H3,(H,24,28)/t15-,17+,18-,19-,20-,22+,23+/m1/s1. The second-order valence-electron chi connectivity index (χ2n) is 9.43. The van der Waals surface area contributed by atoms with Gasteiger partial charge in [0.1, 0.15) is 0 Å². The number of carbonyl (C=O) groups excluding carboxylic acids is 1. The Morgan fingerprint density at radius 2 is 1.86 bits per heavy atom. The lowest BCUT2D eigenvalue weighted by molar-refractivity contribution is -0.186. The van der Waals surface area contributed by atoms with E-state index in [9.17, 15) is 20.1 Å². The zero-order valence-corrected chi connectivity index (χ0v) is 17.3. The molecule has 5 nitrogen and oxygen atoms in total. The van der Waals surface area contributed by atoms with E-state index < -0.39 is 17.6 Å². The largest absolute Gasteiger partial charge is 0.396 e. The molecular weight excluding hydrogens is 354 g/mol. The number of nitrogens with one attached hydrogen (secondary N) is 1. The second-order valence-corrected chi connectivity index (χ2v) is 9.43. The third-order valence-corrected chi connectivity index (χ3v) is 7.80. The summed E-state index contributed by atoms with van der Waals surface area (Å²) in [5, 5.41) is 34.5. The van der Waals surface area contributed by atoms with Gasteiger partial charge in [0.15, 0.2) is 0 Å². The molecule has 0 heterocycles. The molecule has 1 aromatic rings. The first-order valence-electron chi connectivity index (χ1n) is 10.5. The highest BCUT2D eigenvalue weighted by molar-refractivity contribution is 5.76. The number of aliphatic hydroxyl groups is 3. The normalized spacial score (nSPS) is 39.1. The van der Waals surface area contributed by atoms with Crippen LogP contribution in [0.25, 0.3) is 0 Å². The van der Waals surface area contributed by atoms with Crippen LogP contribution in [0.15, 0.2) is 30.3 Å². The van der Waals surface area contributed by atoms with E-state index in [2.05, 4.69) is 12.2 Å². The average molecular weight is 390 g/mol. The van der Waals surface area contributed by atoms with Gasteiger partial charge in [0.2, 0.25) is 5.91 Å². The molecule has 0 aromatic heterocycles. The lowest BCUT2D eigenvalue weighted by Crippen LogP contribution is -2.60. The van der Waals surface area contributed by atoms with Crippen molar-refractivity contribution in [2.45, 2.75) is 71.1 Å². The minimum Gasteiger partial charge on any atom is -0.396 e. The van der Waals surface area contributed by atoms with Gasteiger partial charge in [-0.15, -0.1) is 0 Å². The maximum Gasteiger partial charge on any atom is 0.220 e. The van der Waals surface area contributed by atoms with Crippen LogP contribution in [0.4, 0.5) is 0 Å². The Balaban J connectivity index is 1.75. The van der Waals surface area contributed by atoms with Crippen LogP contribution >= 0.6 is 0 Å². The van der Waals surface area contributed by atoms with E-state index in [0.717, 1.165) is 18.4 Å². The number of amides is 1. The van der Waals surface area contributed by atoms with Gasteiger partial charge in [-0.3, -0.25) is 4.79 Å². The van der Waals surface area contributed by atoms with Crippen LogP contribution in [0.5, 0.6) is 0 Å². The highest BCUT2D eigenvalue weighted by Gasteiger charge is 2.59. The van der Waals surface area contributed by atoms with Crippen molar-refractivity contribution in [3.8, 4) is 0 Å². The van der Waals surface area contributed by atoms with Gasteiger partial charge >= 0.3 is 0 Å². The van der Waals surface area contributed by atoms with Gasteiger partial charge in [-0.05, 0) is 55.4 Å². The second kappa shape index (κ2) is 8.13. The first-order chi connectivity index (χ1) is 13.2. The van der Waals surface area contributed by atoms with E-state index in [0.29, 0.717) is 12.8 Å². The molecule has 2 aliphatic carbocycles. The molecule has 156 valence electrons. The number of aliphatic hydroxyl groups excluding tert-OH is 3. The minimum absolute atomic E-state index is 0.0564. The summed E-state index contributed by atoms with van der Waals surface area (Å²) in [5.41, 5.74) is 0.193. The van der Waals surface area contributed by atoms with Crippen LogP contribution in [-0.2, 0) is 4.79 Å². The van der Waals surface area contributed by atoms with Crippen molar-refractivity contribution in [2.75, 3.05) is 6.61 Å². The number of fused-ring (bicyclic) bond motifs is 1. The SMILES string of the molecule is C[C@@H](NC(=O)C[C@H]1[C@H](O)CC[C@H]2[C@](C)(CO)[C@H](O)CC[C@]21C)c1ccccc1. The highest BCUT2D eigenvalue weighted by atomic mass is 16.3. The number of hydrogen-bond acceptors (Lipinski definition) is 4. The lowest BCUT2D eigenvalue weighted by Gasteiger charge is -2.60. The summed E-state index contributed by atoms with van der Waals surface area (Å²) in [6, 6.07) is 9.76. The molecule has 1 amide bonds. The van der Waals surface area contributed by atoms with Crippen LogP contribution in [-0.4, -0.2) is 40.0 Å². The fourth-order valence-electron chi connectivity index (χ4n) is 5.93. The molecule has 2 fully saturated rings. The van der Waals surface area contributed by atoms with Crippen molar-refractivity contribution < 1.29 is 20.1 Å². The van der Waals surface area contributed by atoms with Gasteiger partial charge in [-0.25, -0.2) is 0 Å². The molecule has 0 spiro atoms. The summed E-state index contributed by atoms with van der Waals surface area (Å²) in [5.74, 6) is -0.145. The van der Waals surface area contributed by atoms with Gasteiger partial charge in [-0.1, -0.05) is 44.2 Å². The summed E-state index contributed by atoms with van der Waals surface area (Å²) < 4.78 is 0. The average Bonchev–Trinajstić information content (AvgIpc) is 2.68. The Labute approximate surface area is 168 Å². The molecule has 2 saturated carbocycles. The van der Waals surface area contributed by atoms with Crippen molar-refractivity contribution in [1.82, 2.24) is 5.32 Å². The summed E-state index contributed by atoms with van der Waals surface area (Å²) in [6.07, 6.45) is 1.92. The molecular formula is C23H35NO4. The molecule has 2 aliphatic rings. The first-order valence-corrected chi connectivity index (χ1v) is 10.5. The topological polar surface area (TPSA) is 89.8 Å². The van der Waals surface area contributed by atoms with Crippen molar-refractivity contribution in [2.24, 2.45) is 22.7 Å². The number of benzene rings is 1. The molecule has 4 N–H and O–H groups in total. The predicted octanol–water partition coefficient (Wildman–Crippen LogP) is 2.80. The quantitative estimate of drug-likeness (QED) is 0.623. The zero-order chi connectivity index (χ0) is 20.5. The van der Waals surface area contributed by atoms with Gasteiger partial charge in [0, 0.05) is 11.8 Å². The molecule has 0 radical (unpaired) electrons. The molecule has 0 unspecified atom stereocenters. The summed E-state index contributed by atoms with van der Waals surface area (Å²) in [4.78, 5) is 12.8. The highest BCUT2D eigenvalue weighted by Crippen LogP contribution is 2.60. The summed E-state index contributed by atoms with van der Waals surface area (Å²) in [6.45, 7) is 5.98. The lowest BCUT2D eigenvalue weighted by atomic mass is 9.46. The third-order valence-electron chi connectivity index (χ3n) is 7.80. The van der Waals surface area contributed by atoms with E-state index in [4.69, 9.17) is 0 Å². The summed E-state index contributed by atoms with van der Waals surface area (Å²) in [7, 11) is 0. The van der Waals surface area contributed by atoms with Crippen LogP contribution in [0.2, 0.25) is 0 Å². The maximum absolute atomic E-state index is 12.8. The van der Waals surface area contributed by atoms with Gasteiger partial charge in [0.25, 0.3) is 0 Å². The Kier molecular flexibility index (Phi) is 6.18. The Bertz CT molecular complexity index is 680. The van der Waals surface area contributed by atoms with Gasteiger partial charge in [-0.2, -0.15) is 0 Å². The van der Waals surface area contributed by atoms with Crippen LogP contribution in [0.1, 0.15) is 64.5 Å². The fraction of sp³-hybridized carbons (Fsp3) is 0.696. The fourth-order valence-corrected chi connectivity index (χ4v) is 5.93. The number of rotatable bonds is 5. The summed E-state index contributed by atoms with van der Waals surface area (Å²) >= 11 is 0. The number of carbonyl (C=O) groups is 1. The van der Waals surface area contributed by atoms with E-state index in [1.54, 1.807) is 0 Å². The molecule has 0 saturated heterocycles. The third kappa shape index (κ3) is 3.72. The zero-order valence-electron chi connectivity index (χ0n) is 17.3. The van der Waals surface area contributed by atoms with Crippen LogP contribution in [0.3, 0.4) is 0 Å². The van der Waals surface area contributed by atoms with Crippen LogP contribution < -0.4 is 5.32 Å². The first kappa shape index (κ1) is 21.3. The molecule has 1 aromatic carbocycles.